The molecule has 0 amide bonds. The molecule has 2 aromatic heterocycles. The quantitative estimate of drug-likeness (QED) is 0.667. The van der Waals surface area contributed by atoms with Crippen molar-refractivity contribution in [2.75, 3.05) is 13.7 Å². The van der Waals surface area contributed by atoms with E-state index in [0.717, 1.165) is 22.5 Å². The first-order valence-corrected chi connectivity index (χ1v) is 9.24. The van der Waals surface area contributed by atoms with Gasteiger partial charge in [-0.3, -0.25) is 0 Å². The summed E-state index contributed by atoms with van der Waals surface area (Å²) in [5.74, 6) is 0.925. The van der Waals surface area contributed by atoms with Crippen LogP contribution in [0.1, 0.15) is 29.8 Å². The molecule has 0 fully saturated rings. The van der Waals surface area contributed by atoms with Crippen molar-refractivity contribution in [3.05, 3.63) is 35.5 Å². The first-order chi connectivity index (χ1) is 9.15. The number of rotatable bonds is 6. The molecule has 0 aliphatic rings. The van der Waals surface area contributed by atoms with Crippen molar-refractivity contribution < 1.29 is 4.74 Å². The van der Waals surface area contributed by atoms with Gasteiger partial charge in [-0.1, -0.05) is 6.92 Å². The van der Waals surface area contributed by atoms with Crippen LogP contribution in [-0.2, 0) is 0 Å². The Hall–Kier alpha value is 0.120. The average Bonchev–Trinajstić information content (AvgIpc) is 2.97. The Kier molecular flexibility index (Phi) is 5.89. The summed E-state index contributed by atoms with van der Waals surface area (Å²) in [5, 5.41) is 5.65. The fourth-order valence-corrected chi connectivity index (χ4v) is 5.64. The number of ether oxygens (including phenoxy) is 1. The normalized spacial score (nSPS) is 12.6. The van der Waals surface area contributed by atoms with Crippen molar-refractivity contribution in [3.8, 4) is 5.75 Å². The Morgan fingerprint density at radius 3 is 2.68 bits per heavy atom. The maximum absolute atomic E-state index is 5.29. The van der Waals surface area contributed by atoms with Crippen LogP contribution < -0.4 is 10.1 Å². The van der Waals surface area contributed by atoms with Crippen molar-refractivity contribution >= 4 is 54.5 Å². The highest BCUT2D eigenvalue weighted by molar-refractivity contribution is 9.12. The first kappa shape index (κ1) is 15.5. The minimum atomic E-state index is 0.214. The molecule has 0 saturated carbocycles. The number of hydrogen-bond donors (Lipinski definition) is 1. The lowest BCUT2D eigenvalue weighted by atomic mass is 10.1. The molecule has 0 aliphatic carbocycles. The van der Waals surface area contributed by atoms with E-state index in [4.69, 9.17) is 4.74 Å². The summed E-state index contributed by atoms with van der Waals surface area (Å²) in [6.45, 7) is 3.17. The van der Waals surface area contributed by atoms with Crippen LogP contribution in [0, 0.1) is 0 Å². The molecular weight excluding hydrogens is 410 g/mol. The third-order valence-corrected chi connectivity index (χ3v) is 6.07. The SMILES string of the molecule is CCCNC(c1cc(OC)cs1)c1cc(Br)sc1Br. The lowest BCUT2D eigenvalue weighted by Crippen LogP contribution is -2.22. The second-order valence-electron chi connectivity index (χ2n) is 4.06. The van der Waals surface area contributed by atoms with Gasteiger partial charge in [0, 0.05) is 15.8 Å². The average molecular weight is 425 g/mol. The van der Waals surface area contributed by atoms with E-state index < -0.39 is 0 Å². The molecule has 2 aromatic rings. The molecule has 2 nitrogen and oxygen atoms in total. The maximum Gasteiger partial charge on any atom is 0.129 e. The summed E-state index contributed by atoms with van der Waals surface area (Å²) in [6, 6.07) is 4.50. The summed E-state index contributed by atoms with van der Waals surface area (Å²) in [6.07, 6.45) is 1.11. The molecule has 6 heteroatoms. The molecule has 2 rings (SSSR count). The van der Waals surface area contributed by atoms with Crippen LogP contribution in [0.3, 0.4) is 0 Å². The Morgan fingerprint density at radius 1 is 1.37 bits per heavy atom. The van der Waals surface area contributed by atoms with E-state index in [1.54, 1.807) is 29.8 Å². The zero-order chi connectivity index (χ0) is 13.8. The minimum Gasteiger partial charge on any atom is -0.496 e. The molecule has 1 atom stereocenters. The van der Waals surface area contributed by atoms with E-state index in [1.807, 2.05) is 5.38 Å². The topological polar surface area (TPSA) is 21.3 Å². The Morgan fingerprint density at radius 2 is 2.16 bits per heavy atom. The monoisotopic (exact) mass is 423 g/mol. The van der Waals surface area contributed by atoms with Gasteiger partial charge in [0.05, 0.1) is 20.7 Å². The van der Waals surface area contributed by atoms with Crippen LogP contribution in [0.15, 0.2) is 25.1 Å². The summed E-state index contributed by atoms with van der Waals surface area (Å²) < 4.78 is 7.59. The van der Waals surface area contributed by atoms with Crippen LogP contribution >= 0.6 is 54.5 Å². The lowest BCUT2D eigenvalue weighted by molar-refractivity contribution is 0.416. The minimum absolute atomic E-state index is 0.214. The molecule has 0 aliphatic heterocycles. The Balaban J connectivity index is 2.32. The summed E-state index contributed by atoms with van der Waals surface area (Å²) in [7, 11) is 1.71. The number of hydrogen-bond acceptors (Lipinski definition) is 4. The van der Waals surface area contributed by atoms with Gasteiger partial charge in [0.1, 0.15) is 5.75 Å². The van der Waals surface area contributed by atoms with Crippen LogP contribution in [0.5, 0.6) is 5.75 Å². The van der Waals surface area contributed by atoms with Gasteiger partial charge in [0.15, 0.2) is 0 Å². The number of thiophene rings is 2. The molecule has 2 heterocycles. The molecule has 0 spiro atoms. The highest BCUT2D eigenvalue weighted by atomic mass is 79.9. The van der Waals surface area contributed by atoms with E-state index in [9.17, 15) is 0 Å². The fourth-order valence-electron chi connectivity index (χ4n) is 1.80. The maximum atomic E-state index is 5.29. The third-order valence-electron chi connectivity index (χ3n) is 2.71. The van der Waals surface area contributed by atoms with Crippen LogP contribution in [0.4, 0.5) is 0 Å². The van der Waals surface area contributed by atoms with Gasteiger partial charge in [0.2, 0.25) is 0 Å². The van der Waals surface area contributed by atoms with Gasteiger partial charge in [-0.05, 0) is 57.0 Å². The molecule has 104 valence electrons. The molecule has 0 radical (unpaired) electrons. The largest absolute Gasteiger partial charge is 0.496 e. The van der Waals surface area contributed by atoms with Crippen molar-refractivity contribution in [1.29, 1.82) is 0 Å². The van der Waals surface area contributed by atoms with Crippen LogP contribution in [-0.4, -0.2) is 13.7 Å². The molecule has 0 bridgehead atoms. The van der Waals surface area contributed by atoms with E-state index in [1.165, 1.54) is 14.2 Å². The third kappa shape index (κ3) is 3.82. The zero-order valence-electron chi connectivity index (χ0n) is 10.7. The van der Waals surface area contributed by atoms with Crippen LogP contribution in [0.25, 0.3) is 0 Å². The first-order valence-electron chi connectivity index (χ1n) is 5.96. The molecule has 1 unspecified atom stereocenters. The molecule has 0 saturated heterocycles. The highest BCUT2D eigenvalue weighted by Crippen LogP contribution is 2.40. The second-order valence-corrected chi connectivity index (χ2v) is 8.75. The summed E-state index contributed by atoms with van der Waals surface area (Å²) >= 11 is 10.6. The summed E-state index contributed by atoms with van der Waals surface area (Å²) in [5.41, 5.74) is 1.27. The number of methoxy groups -OCH3 is 1. The number of halogens is 2. The standard InChI is InChI=1S/C13H15Br2NOS2/c1-3-4-16-12(9-6-11(14)19-13(9)15)10-5-8(17-2)7-18-10/h5-7,12,16H,3-4H2,1-2H3. The molecule has 0 aromatic carbocycles. The van der Waals surface area contributed by atoms with Crippen molar-refractivity contribution in [2.45, 2.75) is 19.4 Å². The Bertz CT molecular complexity index is 538. The molecule has 1 N–H and O–H groups in total. The van der Waals surface area contributed by atoms with E-state index in [0.29, 0.717) is 0 Å². The Labute approximate surface area is 138 Å². The van der Waals surface area contributed by atoms with Crippen molar-refractivity contribution in [1.82, 2.24) is 5.32 Å². The van der Waals surface area contributed by atoms with E-state index >= 15 is 0 Å². The predicted octanol–water partition coefficient (Wildman–Crippen LogP) is 5.43. The van der Waals surface area contributed by atoms with Gasteiger partial charge in [-0.2, -0.15) is 0 Å². The second kappa shape index (κ2) is 7.22. The van der Waals surface area contributed by atoms with Gasteiger partial charge in [0.25, 0.3) is 0 Å². The van der Waals surface area contributed by atoms with Crippen molar-refractivity contribution in [3.63, 3.8) is 0 Å². The lowest BCUT2D eigenvalue weighted by Gasteiger charge is -2.16. The van der Waals surface area contributed by atoms with Crippen molar-refractivity contribution in [2.24, 2.45) is 0 Å². The molecule has 19 heavy (non-hydrogen) atoms. The summed E-state index contributed by atoms with van der Waals surface area (Å²) in [4.78, 5) is 1.27. The fraction of sp³-hybridized carbons (Fsp3) is 0.385. The van der Waals surface area contributed by atoms with Gasteiger partial charge in [-0.25, -0.2) is 0 Å². The van der Waals surface area contributed by atoms with E-state index in [-0.39, 0.29) is 6.04 Å². The van der Waals surface area contributed by atoms with E-state index in [2.05, 4.69) is 56.2 Å². The van der Waals surface area contributed by atoms with Gasteiger partial charge >= 0.3 is 0 Å². The zero-order valence-corrected chi connectivity index (χ0v) is 15.5. The number of nitrogens with one attached hydrogen (secondary N) is 1. The predicted molar refractivity (Wildman–Crippen MR) is 90.7 cm³/mol. The molecular formula is C13H15Br2NOS2. The van der Waals surface area contributed by atoms with Crippen LogP contribution in [0.2, 0.25) is 0 Å². The highest BCUT2D eigenvalue weighted by Gasteiger charge is 2.20. The van der Waals surface area contributed by atoms with Gasteiger partial charge in [-0.15, -0.1) is 22.7 Å². The van der Waals surface area contributed by atoms with Gasteiger partial charge < -0.3 is 10.1 Å². The smallest absolute Gasteiger partial charge is 0.129 e.